The number of likely N-dealkylation sites (N-methyl/N-ethyl adjacent to an activating group) is 1. The molecule has 0 aliphatic carbocycles. The number of amides is 2. The Morgan fingerprint density at radius 1 is 1.04 bits per heavy atom. The molecule has 4 nitrogen and oxygen atoms in total. The number of carbonyl (C=O) groups excluding carboxylic acids is 2. The van der Waals surface area contributed by atoms with Crippen molar-refractivity contribution in [1.29, 1.82) is 0 Å². The Morgan fingerprint density at radius 2 is 1.65 bits per heavy atom. The summed E-state index contributed by atoms with van der Waals surface area (Å²) in [5, 5.41) is 2.56. The molecule has 5 heteroatoms. The molecule has 1 atom stereocenters. The molecule has 2 aromatic carbocycles. The zero-order valence-corrected chi connectivity index (χ0v) is 16.8. The van der Waals surface area contributed by atoms with Gasteiger partial charge in [-0.05, 0) is 51.5 Å². The highest BCUT2D eigenvalue weighted by molar-refractivity contribution is 8.00. The van der Waals surface area contributed by atoms with Crippen molar-refractivity contribution in [3.63, 3.8) is 0 Å². The van der Waals surface area contributed by atoms with Gasteiger partial charge in [-0.2, -0.15) is 0 Å². The average Bonchev–Trinajstić information content (AvgIpc) is 2.58. The van der Waals surface area contributed by atoms with Gasteiger partial charge in [0.25, 0.3) is 0 Å². The van der Waals surface area contributed by atoms with Crippen LogP contribution in [-0.4, -0.2) is 35.6 Å². The fourth-order valence-corrected chi connectivity index (χ4v) is 3.67. The van der Waals surface area contributed by atoms with E-state index in [4.69, 9.17) is 0 Å². The predicted molar refractivity (Wildman–Crippen MR) is 109 cm³/mol. The van der Waals surface area contributed by atoms with Gasteiger partial charge in [-0.1, -0.05) is 35.4 Å². The number of nitrogens with one attached hydrogen (secondary N) is 1. The van der Waals surface area contributed by atoms with E-state index in [9.17, 15) is 9.59 Å². The summed E-state index contributed by atoms with van der Waals surface area (Å²) in [5.41, 5.74) is 4.23. The lowest BCUT2D eigenvalue weighted by atomic mass is 10.2. The first-order chi connectivity index (χ1) is 12.3. The van der Waals surface area contributed by atoms with Crippen molar-refractivity contribution in [2.45, 2.75) is 37.8 Å². The zero-order chi connectivity index (χ0) is 19.3. The molecular formula is C21H26N2O2S. The van der Waals surface area contributed by atoms with Gasteiger partial charge in [0.05, 0.1) is 11.8 Å². The fourth-order valence-electron chi connectivity index (χ4n) is 2.61. The number of aryl methyl sites for hydroxylation is 3. The largest absolute Gasteiger partial charge is 0.335 e. The highest BCUT2D eigenvalue weighted by Crippen LogP contribution is 2.28. The third kappa shape index (κ3) is 5.63. The van der Waals surface area contributed by atoms with Gasteiger partial charge in [-0.15, -0.1) is 11.8 Å². The Kier molecular flexibility index (Phi) is 6.86. The lowest BCUT2D eigenvalue weighted by Gasteiger charge is -2.21. The minimum atomic E-state index is -0.256. The molecule has 0 saturated carbocycles. The van der Waals surface area contributed by atoms with E-state index in [2.05, 4.69) is 18.3 Å². The molecule has 0 spiro atoms. The first-order valence-electron chi connectivity index (χ1n) is 8.61. The van der Waals surface area contributed by atoms with Crippen LogP contribution in [-0.2, 0) is 9.59 Å². The number of rotatable bonds is 6. The van der Waals surface area contributed by atoms with Crippen molar-refractivity contribution in [2.24, 2.45) is 0 Å². The number of benzene rings is 2. The summed E-state index contributed by atoms with van der Waals surface area (Å²) in [4.78, 5) is 27.3. The van der Waals surface area contributed by atoms with Crippen LogP contribution in [0.3, 0.4) is 0 Å². The van der Waals surface area contributed by atoms with Crippen LogP contribution in [0.4, 0.5) is 5.69 Å². The molecule has 26 heavy (non-hydrogen) atoms. The second-order valence-corrected chi connectivity index (χ2v) is 8.02. The van der Waals surface area contributed by atoms with E-state index in [0.717, 1.165) is 21.7 Å². The van der Waals surface area contributed by atoms with Crippen LogP contribution in [0.1, 0.15) is 23.6 Å². The van der Waals surface area contributed by atoms with E-state index in [1.165, 1.54) is 22.2 Å². The van der Waals surface area contributed by atoms with E-state index in [1.54, 1.807) is 7.05 Å². The van der Waals surface area contributed by atoms with Gasteiger partial charge in [-0.3, -0.25) is 9.59 Å². The van der Waals surface area contributed by atoms with Crippen molar-refractivity contribution < 1.29 is 9.59 Å². The molecule has 0 aliphatic rings. The monoisotopic (exact) mass is 370 g/mol. The number of anilines is 1. The Balaban J connectivity index is 1.91. The Morgan fingerprint density at radius 3 is 2.27 bits per heavy atom. The maximum atomic E-state index is 12.6. The molecule has 0 unspecified atom stereocenters. The van der Waals surface area contributed by atoms with Gasteiger partial charge in [0.1, 0.15) is 0 Å². The summed E-state index contributed by atoms with van der Waals surface area (Å²) in [6, 6.07) is 13.8. The van der Waals surface area contributed by atoms with Crippen molar-refractivity contribution in [1.82, 2.24) is 4.90 Å². The SMILES string of the molecule is Cc1ccc(NC(=O)CN(C)C(=O)[C@@H](C)Sc2ccc(C)cc2C)cc1. The van der Waals surface area contributed by atoms with Gasteiger partial charge < -0.3 is 10.2 Å². The molecule has 0 fully saturated rings. The van der Waals surface area contributed by atoms with Crippen LogP contribution < -0.4 is 5.32 Å². The first-order valence-corrected chi connectivity index (χ1v) is 9.49. The van der Waals surface area contributed by atoms with Crippen molar-refractivity contribution in [2.75, 3.05) is 18.9 Å². The van der Waals surface area contributed by atoms with E-state index in [-0.39, 0.29) is 23.6 Å². The molecule has 0 heterocycles. The Bertz CT molecular complexity index is 787. The highest BCUT2D eigenvalue weighted by Gasteiger charge is 2.21. The summed E-state index contributed by atoms with van der Waals surface area (Å²) >= 11 is 1.53. The van der Waals surface area contributed by atoms with E-state index >= 15 is 0 Å². The summed E-state index contributed by atoms with van der Waals surface area (Å²) in [5.74, 6) is -0.262. The van der Waals surface area contributed by atoms with Gasteiger partial charge in [0.2, 0.25) is 11.8 Å². The number of hydrogen-bond donors (Lipinski definition) is 1. The normalized spacial score (nSPS) is 11.7. The molecule has 0 aromatic heterocycles. The molecule has 2 rings (SSSR count). The van der Waals surface area contributed by atoms with Crippen molar-refractivity contribution in [3.05, 3.63) is 59.2 Å². The van der Waals surface area contributed by atoms with Crippen LogP contribution >= 0.6 is 11.8 Å². The lowest BCUT2D eigenvalue weighted by Crippen LogP contribution is -2.38. The van der Waals surface area contributed by atoms with E-state index < -0.39 is 0 Å². The van der Waals surface area contributed by atoms with Gasteiger partial charge >= 0.3 is 0 Å². The van der Waals surface area contributed by atoms with Gasteiger partial charge in [0.15, 0.2) is 0 Å². The van der Waals surface area contributed by atoms with Crippen molar-refractivity contribution in [3.8, 4) is 0 Å². The molecule has 0 saturated heterocycles. The number of thioether (sulfide) groups is 1. The summed E-state index contributed by atoms with van der Waals surface area (Å²) in [7, 11) is 1.66. The van der Waals surface area contributed by atoms with Crippen LogP contribution in [0.2, 0.25) is 0 Å². The maximum Gasteiger partial charge on any atom is 0.243 e. The third-order valence-corrected chi connectivity index (χ3v) is 5.34. The van der Waals surface area contributed by atoms with Crippen LogP contribution in [0.5, 0.6) is 0 Å². The summed E-state index contributed by atoms with van der Waals surface area (Å²) in [6.07, 6.45) is 0. The third-order valence-electron chi connectivity index (χ3n) is 4.07. The average molecular weight is 371 g/mol. The molecule has 2 amide bonds. The number of hydrogen-bond acceptors (Lipinski definition) is 3. The molecule has 138 valence electrons. The molecule has 0 aliphatic heterocycles. The minimum absolute atomic E-state index is 0.0322. The predicted octanol–water partition coefficient (Wildman–Crippen LogP) is 4.19. The molecule has 1 N–H and O–H groups in total. The number of nitrogens with zero attached hydrogens (tertiary/aromatic N) is 1. The summed E-state index contributed by atoms with van der Waals surface area (Å²) < 4.78 is 0. The topological polar surface area (TPSA) is 49.4 Å². The molecular weight excluding hydrogens is 344 g/mol. The Hall–Kier alpha value is -2.27. The maximum absolute atomic E-state index is 12.6. The zero-order valence-electron chi connectivity index (χ0n) is 16.0. The second-order valence-electron chi connectivity index (χ2n) is 6.64. The van der Waals surface area contributed by atoms with Crippen LogP contribution in [0.15, 0.2) is 47.4 Å². The van der Waals surface area contributed by atoms with E-state index in [1.807, 2.05) is 57.2 Å². The molecule has 0 radical (unpaired) electrons. The highest BCUT2D eigenvalue weighted by atomic mass is 32.2. The van der Waals surface area contributed by atoms with Crippen molar-refractivity contribution >= 4 is 29.3 Å². The van der Waals surface area contributed by atoms with Gasteiger partial charge in [0, 0.05) is 17.6 Å². The lowest BCUT2D eigenvalue weighted by molar-refractivity contribution is -0.132. The first kappa shape index (κ1) is 20.0. The quantitative estimate of drug-likeness (QED) is 0.776. The Labute approximate surface area is 160 Å². The summed E-state index contributed by atoms with van der Waals surface area (Å²) in [6.45, 7) is 8.00. The number of carbonyl (C=O) groups is 2. The van der Waals surface area contributed by atoms with Crippen LogP contribution in [0, 0.1) is 20.8 Å². The second kappa shape index (κ2) is 8.90. The molecule has 2 aromatic rings. The van der Waals surface area contributed by atoms with E-state index in [0.29, 0.717) is 0 Å². The fraction of sp³-hybridized carbons (Fsp3) is 0.333. The standard InChI is InChI=1S/C21H26N2O2S/c1-14-6-9-18(10-7-14)22-20(24)13-23(5)21(25)17(4)26-19-11-8-15(2)12-16(19)3/h6-12,17H,13H2,1-5H3,(H,22,24)/t17-/m1/s1. The van der Waals surface area contributed by atoms with Crippen LogP contribution in [0.25, 0.3) is 0 Å². The van der Waals surface area contributed by atoms with Gasteiger partial charge in [-0.25, -0.2) is 0 Å². The minimum Gasteiger partial charge on any atom is -0.335 e. The smallest absolute Gasteiger partial charge is 0.243 e. The molecule has 0 bridgehead atoms.